The van der Waals surface area contributed by atoms with Gasteiger partial charge in [0.2, 0.25) is 10.0 Å². The van der Waals surface area contributed by atoms with Gasteiger partial charge in [-0.05, 0) is 25.7 Å². The Morgan fingerprint density at radius 2 is 1.59 bits per heavy atom. The van der Waals surface area contributed by atoms with E-state index in [4.69, 9.17) is 10.5 Å². The minimum atomic E-state index is -3.11. The lowest BCUT2D eigenvalue weighted by atomic mass is 10.1. The number of hydrogen-bond donors (Lipinski definition) is 1. The molecule has 2 fully saturated rings. The molecule has 2 aliphatic rings. The van der Waals surface area contributed by atoms with Gasteiger partial charge in [0.1, 0.15) is 0 Å². The summed E-state index contributed by atoms with van der Waals surface area (Å²) in [5.74, 6) is 0. The highest BCUT2D eigenvalue weighted by Gasteiger charge is 2.34. The Kier molecular flexibility index (Phi) is 5.66. The van der Waals surface area contributed by atoms with Crippen molar-refractivity contribution < 1.29 is 13.2 Å². The van der Waals surface area contributed by atoms with Gasteiger partial charge < -0.3 is 10.5 Å². The number of hydrogen-bond acceptors (Lipinski definition) is 4. The van der Waals surface area contributed by atoms with Crippen LogP contribution in [-0.2, 0) is 14.8 Å². The van der Waals surface area contributed by atoms with Crippen molar-refractivity contribution in [2.24, 2.45) is 5.73 Å². The molecular weight excluding hydrogens is 264 g/mol. The molecule has 0 aromatic carbocycles. The first-order valence-corrected chi connectivity index (χ1v) is 7.43. The predicted octanol–water partition coefficient (Wildman–Crippen LogP) is 0.340. The first kappa shape index (κ1) is 15.2. The van der Waals surface area contributed by atoms with Gasteiger partial charge in [0.05, 0.1) is 5.25 Å². The summed E-state index contributed by atoms with van der Waals surface area (Å²) in [7, 11) is -3.11. The maximum atomic E-state index is 12.3. The molecule has 0 aliphatic carbocycles. The molecule has 2 aliphatic heterocycles. The molecule has 2 heterocycles. The standard InChI is InChI=1S/C10H20N2O3S.ClH/c11-9-1-5-12(6-2-9)16(13,14)10-3-7-15-8-4-10;/h9-10H,1-8,11H2;1H. The molecule has 0 saturated carbocycles. The van der Waals surface area contributed by atoms with Crippen LogP contribution in [-0.4, -0.2) is 50.3 Å². The second-order valence-electron chi connectivity index (χ2n) is 4.59. The van der Waals surface area contributed by atoms with Crippen LogP contribution in [0.4, 0.5) is 0 Å². The number of halogens is 1. The average Bonchev–Trinajstić information content (AvgIpc) is 2.31. The van der Waals surface area contributed by atoms with Gasteiger partial charge >= 0.3 is 0 Å². The van der Waals surface area contributed by atoms with Crippen LogP contribution in [0.2, 0.25) is 0 Å². The van der Waals surface area contributed by atoms with E-state index >= 15 is 0 Å². The first-order valence-electron chi connectivity index (χ1n) is 5.93. The van der Waals surface area contributed by atoms with E-state index in [2.05, 4.69) is 0 Å². The van der Waals surface area contributed by atoms with Crippen LogP contribution >= 0.6 is 12.4 Å². The third-order valence-electron chi connectivity index (χ3n) is 3.45. The SMILES string of the molecule is Cl.NC1CCN(S(=O)(=O)C2CCOCC2)CC1. The third-order valence-corrected chi connectivity index (χ3v) is 5.85. The molecule has 0 bridgehead atoms. The summed E-state index contributed by atoms with van der Waals surface area (Å²) < 4.78 is 31.4. The van der Waals surface area contributed by atoms with Crippen LogP contribution in [0.15, 0.2) is 0 Å². The summed E-state index contributed by atoms with van der Waals surface area (Å²) in [5.41, 5.74) is 5.78. The van der Waals surface area contributed by atoms with Crippen molar-refractivity contribution in [2.75, 3.05) is 26.3 Å². The Labute approximate surface area is 109 Å². The van der Waals surface area contributed by atoms with E-state index in [0.717, 1.165) is 12.8 Å². The average molecular weight is 285 g/mol. The van der Waals surface area contributed by atoms with Crippen LogP contribution < -0.4 is 5.73 Å². The van der Waals surface area contributed by atoms with Crippen molar-refractivity contribution in [3.05, 3.63) is 0 Å². The summed E-state index contributed by atoms with van der Waals surface area (Å²) in [6.45, 7) is 2.30. The van der Waals surface area contributed by atoms with Crippen molar-refractivity contribution >= 4 is 22.4 Å². The Balaban J connectivity index is 0.00000144. The van der Waals surface area contributed by atoms with Crippen LogP contribution in [0.25, 0.3) is 0 Å². The lowest BCUT2D eigenvalue weighted by Crippen LogP contribution is -2.47. The van der Waals surface area contributed by atoms with Crippen molar-refractivity contribution in [1.82, 2.24) is 4.31 Å². The van der Waals surface area contributed by atoms with Crippen LogP contribution in [0, 0.1) is 0 Å². The van der Waals surface area contributed by atoms with Gasteiger partial charge in [0, 0.05) is 32.3 Å². The number of nitrogens with zero attached hydrogens (tertiary/aromatic N) is 1. The fourth-order valence-electron chi connectivity index (χ4n) is 2.31. The van der Waals surface area contributed by atoms with E-state index in [1.54, 1.807) is 4.31 Å². The number of nitrogens with two attached hydrogens (primary N) is 1. The number of piperidine rings is 1. The fourth-order valence-corrected chi connectivity index (χ4v) is 4.24. The van der Waals surface area contributed by atoms with E-state index in [0.29, 0.717) is 39.1 Å². The minimum Gasteiger partial charge on any atom is -0.381 e. The highest BCUT2D eigenvalue weighted by molar-refractivity contribution is 7.89. The normalized spacial score (nSPS) is 25.5. The lowest BCUT2D eigenvalue weighted by molar-refractivity contribution is 0.0969. The Hall–Kier alpha value is 0.120. The van der Waals surface area contributed by atoms with Crippen molar-refractivity contribution in [3.8, 4) is 0 Å². The van der Waals surface area contributed by atoms with Crippen molar-refractivity contribution in [2.45, 2.75) is 37.0 Å². The maximum Gasteiger partial charge on any atom is 0.217 e. The summed E-state index contributed by atoms with van der Waals surface area (Å²) in [6.07, 6.45) is 2.82. The zero-order valence-electron chi connectivity index (χ0n) is 9.88. The summed E-state index contributed by atoms with van der Waals surface area (Å²) in [4.78, 5) is 0. The Morgan fingerprint density at radius 3 is 2.12 bits per heavy atom. The van der Waals surface area contributed by atoms with Gasteiger partial charge in [-0.2, -0.15) is 0 Å². The molecule has 2 rings (SSSR count). The summed E-state index contributed by atoms with van der Waals surface area (Å²) >= 11 is 0. The number of ether oxygens (including phenoxy) is 1. The first-order chi connectivity index (χ1) is 7.60. The molecule has 17 heavy (non-hydrogen) atoms. The second-order valence-corrected chi connectivity index (χ2v) is 6.81. The topological polar surface area (TPSA) is 72.6 Å². The molecule has 5 nitrogen and oxygen atoms in total. The van der Waals surface area contributed by atoms with E-state index in [-0.39, 0.29) is 23.7 Å². The summed E-state index contributed by atoms with van der Waals surface area (Å²) in [6, 6.07) is 0.168. The Morgan fingerprint density at radius 1 is 1.06 bits per heavy atom. The highest BCUT2D eigenvalue weighted by atomic mass is 35.5. The highest BCUT2D eigenvalue weighted by Crippen LogP contribution is 2.22. The largest absolute Gasteiger partial charge is 0.381 e. The zero-order valence-corrected chi connectivity index (χ0v) is 11.5. The van der Waals surface area contributed by atoms with Crippen molar-refractivity contribution in [1.29, 1.82) is 0 Å². The Bertz CT molecular complexity index is 322. The van der Waals surface area contributed by atoms with Gasteiger partial charge in [0.25, 0.3) is 0 Å². The van der Waals surface area contributed by atoms with E-state index in [1.165, 1.54) is 0 Å². The zero-order chi connectivity index (χ0) is 11.6. The van der Waals surface area contributed by atoms with Crippen LogP contribution in [0.5, 0.6) is 0 Å². The smallest absolute Gasteiger partial charge is 0.217 e. The maximum absolute atomic E-state index is 12.3. The van der Waals surface area contributed by atoms with E-state index in [9.17, 15) is 8.42 Å². The van der Waals surface area contributed by atoms with Crippen molar-refractivity contribution in [3.63, 3.8) is 0 Å². The molecule has 0 aromatic heterocycles. The molecule has 0 atom stereocenters. The quantitative estimate of drug-likeness (QED) is 0.794. The molecule has 0 aromatic rings. The van der Waals surface area contributed by atoms with Gasteiger partial charge in [-0.15, -0.1) is 12.4 Å². The molecule has 2 N–H and O–H groups in total. The second kappa shape index (κ2) is 6.33. The van der Waals surface area contributed by atoms with Gasteiger partial charge in [-0.3, -0.25) is 0 Å². The monoisotopic (exact) mass is 284 g/mol. The molecule has 0 unspecified atom stereocenters. The predicted molar refractivity (Wildman–Crippen MR) is 68.8 cm³/mol. The number of rotatable bonds is 2. The molecule has 2 saturated heterocycles. The molecule has 0 radical (unpaired) electrons. The van der Waals surface area contributed by atoms with Gasteiger partial charge in [-0.25, -0.2) is 12.7 Å². The molecule has 102 valence electrons. The fraction of sp³-hybridized carbons (Fsp3) is 1.00. The lowest BCUT2D eigenvalue weighted by Gasteiger charge is -2.33. The number of sulfonamides is 1. The molecule has 7 heteroatoms. The molecule has 0 spiro atoms. The van der Waals surface area contributed by atoms with Gasteiger partial charge in [-0.1, -0.05) is 0 Å². The van der Waals surface area contributed by atoms with Crippen LogP contribution in [0.3, 0.4) is 0 Å². The minimum absolute atomic E-state index is 0. The van der Waals surface area contributed by atoms with E-state index in [1.807, 2.05) is 0 Å². The van der Waals surface area contributed by atoms with Gasteiger partial charge in [0.15, 0.2) is 0 Å². The van der Waals surface area contributed by atoms with Crippen LogP contribution in [0.1, 0.15) is 25.7 Å². The molecular formula is C10H21ClN2O3S. The summed E-state index contributed by atoms with van der Waals surface area (Å²) in [5, 5.41) is -0.240. The van der Waals surface area contributed by atoms with E-state index < -0.39 is 10.0 Å². The third kappa shape index (κ3) is 3.54. The molecule has 0 amide bonds.